The SMILES string of the molecule is CC[C@]1(C)COC(C)(C)N1C(=O)OC(C)(C)C. The number of hydrogen-bond donors (Lipinski definition) is 0. The van der Waals surface area contributed by atoms with Crippen LogP contribution in [0, 0.1) is 0 Å². The zero-order valence-electron chi connectivity index (χ0n) is 12.1. The molecule has 1 aliphatic rings. The third kappa shape index (κ3) is 2.92. The largest absolute Gasteiger partial charge is 0.444 e. The molecule has 1 rings (SSSR count). The number of rotatable bonds is 1. The van der Waals surface area contributed by atoms with Crippen molar-refractivity contribution in [2.75, 3.05) is 6.61 Å². The lowest BCUT2D eigenvalue weighted by molar-refractivity contribution is -0.0681. The molecule has 17 heavy (non-hydrogen) atoms. The first-order chi connectivity index (χ1) is 7.52. The van der Waals surface area contributed by atoms with Crippen LogP contribution in [0.2, 0.25) is 0 Å². The average Bonchev–Trinajstić information content (AvgIpc) is 2.35. The summed E-state index contributed by atoms with van der Waals surface area (Å²) < 4.78 is 11.2. The maximum Gasteiger partial charge on any atom is 0.413 e. The lowest BCUT2D eigenvalue weighted by Gasteiger charge is -2.39. The van der Waals surface area contributed by atoms with Crippen molar-refractivity contribution in [3.8, 4) is 0 Å². The van der Waals surface area contributed by atoms with E-state index in [0.717, 1.165) is 6.42 Å². The molecular formula is C13H25NO3. The van der Waals surface area contributed by atoms with Crippen LogP contribution in [-0.4, -0.2) is 34.5 Å². The summed E-state index contributed by atoms with van der Waals surface area (Å²) in [6.45, 7) is 14.1. The minimum atomic E-state index is -0.604. The van der Waals surface area contributed by atoms with E-state index in [1.165, 1.54) is 0 Å². The summed E-state index contributed by atoms with van der Waals surface area (Å²) in [5.74, 6) is 0. The summed E-state index contributed by atoms with van der Waals surface area (Å²) in [6.07, 6.45) is 0.541. The molecular weight excluding hydrogens is 218 g/mol. The van der Waals surface area contributed by atoms with Crippen molar-refractivity contribution in [1.29, 1.82) is 0 Å². The van der Waals surface area contributed by atoms with E-state index < -0.39 is 11.3 Å². The molecule has 4 nitrogen and oxygen atoms in total. The number of ether oxygens (including phenoxy) is 2. The van der Waals surface area contributed by atoms with Gasteiger partial charge in [0.1, 0.15) is 11.3 Å². The van der Waals surface area contributed by atoms with Crippen LogP contribution in [-0.2, 0) is 9.47 Å². The van der Waals surface area contributed by atoms with E-state index in [4.69, 9.17) is 9.47 Å². The molecule has 0 spiro atoms. The Labute approximate surface area is 104 Å². The second kappa shape index (κ2) is 4.16. The number of carbonyl (C=O) groups excluding carboxylic acids is 1. The number of hydrogen-bond acceptors (Lipinski definition) is 3. The number of nitrogens with zero attached hydrogens (tertiary/aromatic N) is 1. The smallest absolute Gasteiger partial charge is 0.413 e. The van der Waals surface area contributed by atoms with Gasteiger partial charge in [0.15, 0.2) is 0 Å². The monoisotopic (exact) mass is 243 g/mol. The van der Waals surface area contributed by atoms with Gasteiger partial charge in [-0.05, 0) is 48.0 Å². The van der Waals surface area contributed by atoms with Crippen LogP contribution in [0.25, 0.3) is 0 Å². The van der Waals surface area contributed by atoms with Crippen molar-refractivity contribution in [1.82, 2.24) is 4.90 Å². The molecule has 1 saturated heterocycles. The van der Waals surface area contributed by atoms with Gasteiger partial charge in [-0.25, -0.2) is 4.79 Å². The molecule has 0 N–H and O–H groups in total. The second-order valence-corrected chi connectivity index (χ2v) is 6.40. The van der Waals surface area contributed by atoms with Gasteiger partial charge >= 0.3 is 6.09 Å². The fourth-order valence-electron chi connectivity index (χ4n) is 2.12. The van der Waals surface area contributed by atoms with E-state index in [-0.39, 0.29) is 11.6 Å². The topological polar surface area (TPSA) is 38.8 Å². The Hall–Kier alpha value is -0.770. The second-order valence-electron chi connectivity index (χ2n) is 6.40. The zero-order valence-corrected chi connectivity index (χ0v) is 12.1. The van der Waals surface area contributed by atoms with Crippen molar-refractivity contribution < 1.29 is 14.3 Å². The molecule has 4 heteroatoms. The molecule has 1 aliphatic heterocycles. The van der Waals surface area contributed by atoms with Crippen LogP contribution in [0.1, 0.15) is 54.9 Å². The molecule has 0 radical (unpaired) electrons. The van der Waals surface area contributed by atoms with E-state index in [1.54, 1.807) is 4.90 Å². The zero-order chi connectivity index (χ0) is 13.5. The standard InChI is InChI=1S/C13H25NO3/c1-8-13(7)9-16-12(5,6)14(13)10(15)17-11(2,3)4/h8-9H2,1-7H3/t13-/m1/s1. The molecule has 1 atom stereocenters. The van der Waals surface area contributed by atoms with Gasteiger partial charge in [0, 0.05) is 0 Å². The third-order valence-electron chi connectivity index (χ3n) is 3.15. The van der Waals surface area contributed by atoms with Crippen molar-refractivity contribution >= 4 is 6.09 Å². The lowest BCUT2D eigenvalue weighted by Crippen LogP contribution is -2.55. The first kappa shape index (κ1) is 14.3. The normalized spacial score (nSPS) is 28.3. The predicted molar refractivity (Wildman–Crippen MR) is 66.8 cm³/mol. The van der Waals surface area contributed by atoms with Gasteiger partial charge in [-0.3, -0.25) is 4.90 Å². The average molecular weight is 243 g/mol. The highest BCUT2D eigenvalue weighted by molar-refractivity contribution is 5.70. The van der Waals surface area contributed by atoms with Gasteiger partial charge in [-0.15, -0.1) is 0 Å². The molecule has 0 aromatic heterocycles. The van der Waals surface area contributed by atoms with Crippen LogP contribution in [0.5, 0.6) is 0 Å². The molecule has 100 valence electrons. The Morgan fingerprint density at radius 3 is 2.29 bits per heavy atom. The molecule has 0 unspecified atom stereocenters. The Balaban J connectivity index is 2.95. The van der Waals surface area contributed by atoms with E-state index >= 15 is 0 Å². The number of amides is 1. The molecule has 0 saturated carbocycles. The van der Waals surface area contributed by atoms with Crippen molar-refractivity contribution in [2.45, 2.75) is 71.8 Å². The fourth-order valence-corrected chi connectivity index (χ4v) is 2.12. The molecule has 1 heterocycles. The van der Waals surface area contributed by atoms with Crippen LogP contribution in [0.3, 0.4) is 0 Å². The summed E-state index contributed by atoms with van der Waals surface area (Å²) in [5.41, 5.74) is -1.37. The van der Waals surface area contributed by atoms with Gasteiger partial charge in [0.05, 0.1) is 12.1 Å². The van der Waals surface area contributed by atoms with E-state index in [0.29, 0.717) is 6.61 Å². The number of carbonyl (C=O) groups is 1. The molecule has 0 aromatic rings. The van der Waals surface area contributed by atoms with E-state index in [9.17, 15) is 4.79 Å². The lowest BCUT2D eigenvalue weighted by atomic mass is 9.98. The minimum absolute atomic E-state index is 0.286. The van der Waals surface area contributed by atoms with Gasteiger partial charge < -0.3 is 9.47 Å². The minimum Gasteiger partial charge on any atom is -0.444 e. The summed E-state index contributed by atoms with van der Waals surface area (Å²) in [4.78, 5) is 14.0. The summed E-state index contributed by atoms with van der Waals surface area (Å²) in [5, 5.41) is 0. The summed E-state index contributed by atoms with van der Waals surface area (Å²) in [7, 11) is 0. The Morgan fingerprint density at radius 2 is 1.88 bits per heavy atom. The van der Waals surface area contributed by atoms with Gasteiger partial charge in [-0.2, -0.15) is 0 Å². The van der Waals surface area contributed by atoms with E-state index in [1.807, 2.05) is 41.5 Å². The summed E-state index contributed by atoms with van der Waals surface area (Å²) in [6, 6.07) is 0. The Bertz CT molecular complexity index is 306. The molecule has 1 fully saturated rings. The first-order valence-electron chi connectivity index (χ1n) is 6.19. The van der Waals surface area contributed by atoms with Crippen molar-refractivity contribution in [2.24, 2.45) is 0 Å². The molecule has 0 bridgehead atoms. The first-order valence-corrected chi connectivity index (χ1v) is 6.19. The quantitative estimate of drug-likeness (QED) is 0.710. The molecule has 0 aliphatic carbocycles. The maximum atomic E-state index is 12.3. The highest BCUT2D eigenvalue weighted by Gasteiger charge is 2.51. The van der Waals surface area contributed by atoms with Crippen molar-refractivity contribution in [3.05, 3.63) is 0 Å². The Kier molecular flexibility index (Phi) is 3.50. The molecule has 0 aromatic carbocycles. The maximum absolute atomic E-state index is 12.3. The van der Waals surface area contributed by atoms with Gasteiger partial charge in [0.25, 0.3) is 0 Å². The Morgan fingerprint density at radius 1 is 1.35 bits per heavy atom. The van der Waals surface area contributed by atoms with Crippen LogP contribution in [0.15, 0.2) is 0 Å². The van der Waals surface area contributed by atoms with E-state index in [2.05, 4.69) is 6.92 Å². The fraction of sp³-hybridized carbons (Fsp3) is 0.923. The molecule has 1 amide bonds. The van der Waals surface area contributed by atoms with Gasteiger partial charge in [-0.1, -0.05) is 6.92 Å². The predicted octanol–water partition coefficient (Wildman–Crippen LogP) is 3.16. The third-order valence-corrected chi connectivity index (χ3v) is 3.15. The van der Waals surface area contributed by atoms with Gasteiger partial charge in [0.2, 0.25) is 0 Å². The van der Waals surface area contributed by atoms with Crippen LogP contribution in [0.4, 0.5) is 4.79 Å². The van der Waals surface area contributed by atoms with Crippen LogP contribution < -0.4 is 0 Å². The summed E-state index contributed by atoms with van der Waals surface area (Å²) >= 11 is 0. The highest BCUT2D eigenvalue weighted by atomic mass is 16.6. The highest BCUT2D eigenvalue weighted by Crippen LogP contribution is 2.37. The van der Waals surface area contributed by atoms with Crippen molar-refractivity contribution in [3.63, 3.8) is 0 Å². The van der Waals surface area contributed by atoms with Crippen LogP contribution >= 0.6 is 0 Å².